The number of rotatable bonds is 8. The monoisotopic (exact) mass is 1450 g/mol. The predicted octanol–water partition coefficient (Wildman–Crippen LogP) is 29.3. The Morgan fingerprint density at radius 2 is 0.482 bits per heavy atom. The Labute approximate surface area is 661 Å². The number of fused-ring (bicyclic) bond motifs is 20. The van der Waals surface area contributed by atoms with Crippen LogP contribution in [0.3, 0.4) is 0 Å². The fraction of sp³-hybridized carbons (Fsp3) is 0.0545. The Morgan fingerprint density at radius 1 is 0.167 bits per heavy atom. The van der Waals surface area contributed by atoms with Crippen LogP contribution in [0.15, 0.2) is 388 Å². The van der Waals surface area contributed by atoms with E-state index in [1.807, 2.05) is 0 Å². The van der Waals surface area contributed by atoms with Crippen molar-refractivity contribution >= 4 is 109 Å². The van der Waals surface area contributed by atoms with Gasteiger partial charge >= 0.3 is 0 Å². The van der Waals surface area contributed by atoms with Crippen LogP contribution in [0.5, 0.6) is 0 Å². The zero-order valence-electron chi connectivity index (χ0n) is 63.7. The number of para-hydroxylation sites is 2. The van der Waals surface area contributed by atoms with Gasteiger partial charge in [0, 0.05) is 76.1 Å². The molecule has 0 spiro atoms. The van der Waals surface area contributed by atoms with Gasteiger partial charge < -0.3 is 18.3 Å². The molecule has 0 unspecified atom stereocenters. The molecule has 0 amide bonds. The van der Waals surface area contributed by atoms with Crippen LogP contribution >= 0.6 is 0 Å². The van der Waals surface area contributed by atoms with Gasteiger partial charge in [-0.25, -0.2) is 0 Å². The summed E-state index contributed by atoms with van der Waals surface area (Å²) in [5.74, 6) is 0. The minimum absolute atomic E-state index is 0.0945. The molecule has 0 radical (unpaired) electrons. The van der Waals surface area contributed by atoms with Crippen molar-refractivity contribution in [3.63, 3.8) is 0 Å². The number of nitrogens with zero attached hydrogens (tertiary/aromatic N) is 4. The first-order valence-electron chi connectivity index (χ1n) is 39.9. The Bertz CT molecular complexity index is 7770. The molecule has 4 nitrogen and oxygen atoms in total. The first-order valence-corrected chi connectivity index (χ1v) is 39.9. The van der Waals surface area contributed by atoms with Crippen LogP contribution in [0.4, 0.5) is 0 Å². The highest BCUT2D eigenvalue weighted by Crippen LogP contribution is 2.54. The zero-order valence-corrected chi connectivity index (χ0v) is 63.7. The van der Waals surface area contributed by atoms with E-state index in [0.29, 0.717) is 0 Å². The van der Waals surface area contributed by atoms with Crippen molar-refractivity contribution in [3.05, 3.63) is 411 Å². The van der Waals surface area contributed by atoms with Gasteiger partial charge in [0.05, 0.1) is 55.5 Å². The maximum absolute atomic E-state index is 2.50. The molecular weight excluding hydrogens is 1380 g/mol. The van der Waals surface area contributed by atoms with Gasteiger partial charge in [-0.15, -0.1) is 0 Å². The molecule has 536 valence electrons. The van der Waals surface area contributed by atoms with E-state index in [9.17, 15) is 0 Å². The average Bonchev–Trinajstić information content (AvgIpc) is 1.56. The number of hydrogen-bond donors (Lipinski definition) is 0. The van der Waals surface area contributed by atoms with E-state index in [1.165, 1.54) is 215 Å². The van der Waals surface area contributed by atoms with E-state index in [4.69, 9.17) is 0 Å². The fourth-order valence-corrected chi connectivity index (χ4v) is 19.9. The highest BCUT2D eigenvalue weighted by molar-refractivity contribution is 6.17. The molecule has 4 heteroatoms. The molecule has 0 saturated carbocycles. The van der Waals surface area contributed by atoms with Gasteiger partial charge in [0.1, 0.15) is 0 Å². The first kappa shape index (κ1) is 65.6. The SMILES string of the molecule is CC1(C)c2ccccc2-c2cc3c(cc21)c1cc(-c2ccc4c(c2)c2ccccc2n4-c2cccc4ccccc24)ccc1n3-c1cccc(-c2ccccc2)c1.CC1(C)c2ccccc2-c2cc3c4cc(-c5ccc6c(c5)c5ccccc5n6-c5cccc6ccccc56)ccc4n(-c4cccc(-c5ccccc5)c4)c3cc21. The van der Waals surface area contributed by atoms with Crippen molar-refractivity contribution in [1.29, 1.82) is 0 Å². The lowest BCUT2D eigenvalue weighted by molar-refractivity contribution is 0.661. The van der Waals surface area contributed by atoms with Crippen LogP contribution in [0, 0.1) is 0 Å². The molecule has 0 fully saturated rings. The highest BCUT2D eigenvalue weighted by Gasteiger charge is 2.38. The summed E-state index contributed by atoms with van der Waals surface area (Å²) in [6.45, 7) is 9.50. The van der Waals surface area contributed by atoms with E-state index < -0.39 is 0 Å². The van der Waals surface area contributed by atoms with Crippen molar-refractivity contribution in [2.75, 3.05) is 0 Å². The van der Waals surface area contributed by atoms with Crippen molar-refractivity contribution in [3.8, 4) is 89.5 Å². The Morgan fingerprint density at radius 3 is 0.956 bits per heavy atom. The molecular formula is C110H76N4. The maximum Gasteiger partial charge on any atom is 0.0547 e. The predicted molar refractivity (Wildman–Crippen MR) is 482 cm³/mol. The van der Waals surface area contributed by atoms with Gasteiger partial charge in [-0.05, 0) is 221 Å². The Balaban J connectivity index is 0.000000135. The lowest BCUT2D eigenvalue weighted by Gasteiger charge is -2.21. The van der Waals surface area contributed by atoms with Gasteiger partial charge in [-0.2, -0.15) is 0 Å². The summed E-state index contributed by atoms with van der Waals surface area (Å²) in [6, 6.07) is 144. The van der Waals surface area contributed by atoms with E-state index in [-0.39, 0.29) is 10.8 Å². The van der Waals surface area contributed by atoms with Gasteiger partial charge in [-0.1, -0.05) is 295 Å². The third kappa shape index (κ3) is 9.90. The van der Waals surface area contributed by atoms with Crippen LogP contribution in [0.25, 0.3) is 198 Å². The summed E-state index contributed by atoms with van der Waals surface area (Å²) in [5.41, 5.74) is 34.9. The normalized spacial score (nSPS) is 13.2. The minimum Gasteiger partial charge on any atom is -0.309 e. The van der Waals surface area contributed by atoms with E-state index in [1.54, 1.807) is 0 Å². The third-order valence-corrected chi connectivity index (χ3v) is 25.4. The molecule has 22 aromatic rings. The largest absolute Gasteiger partial charge is 0.309 e. The second-order valence-electron chi connectivity index (χ2n) is 32.3. The smallest absolute Gasteiger partial charge is 0.0547 e. The van der Waals surface area contributed by atoms with E-state index in [0.717, 1.165) is 5.69 Å². The quantitative estimate of drug-likeness (QED) is 0.144. The van der Waals surface area contributed by atoms with Crippen LogP contribution < -0.4 is 0 Å². The second kappa shape index (κ2) is 25.1. The average molecular weight is 1450 g/mol. The molecule has 2 aliphatic rings. The summed E-state index contributed by atoms with van der Waals surface area (Å²) in [6.07, 6.45) is 0. The molecule has 0 bridgehead atoms. The van der Waals surface area contributed by atoms with Gasteiger partial charge in [0.2, 0.25) is 0 Å². The van der Waals surface area contributed by atoms with Gasteiger partial charge in [0.15, 0.2) is 0 Å². The van der Waals surface area contributed by atoms with Crippen molar-refractivity contribution in [2.45, 2.75) is 38.5 Å². The fourth-order valence-electron chi connectivity index (χ4n) is 19.9. The van der Waals surface area contributed by atoms with Crippen molar-refractivity contribution in [2.24, 2.45) is 0 Å². The molecule has 24 rings (SSSR count). The number of hydrogen-bond acceptors (Lipinski definition) is 0. The standard InChI is InChI=1S/2C55H38N2/c1-55(2)48-23-10-8-21-42(48)44-34-54-47(33-49(44)55)46-32-39(26-28-52(46)56(54)40-19-12-18-37(30-40)35-14-4-3-5-15-35)38-27-29-53-45(31-38)43-22-9-11-24-51(43)57(53)50-25-13-17-36-16-6-7-20-41(36)50;1-55(2)48-23-10-8-21-42(48)44-33-47-46-32-39(26-28-52(46)56(54(47)34-49(44)55)40-19-12-18-37(30-40)35-14-4-3-5-15-35)38-27-29-53-45(31-38)43-22-9-11-24-51(43)57(53)50-25-13-17-36-16-6-7-20-41(36)50/h2*3-34H,1-2H3. The van der Waals surface area contributed by atoms with Gasteiger partial charge in [0.25, 0.3) is 0 Å². The summed E-state index contributed by atoms with van der Waals surface area (Å²) in [5, 5.41) is 15.1. The topological polar surface area (TPSA) is 19.7 Å². The van der Waals surface area contributed by atoms with E-state index >= 15 is 0 Å². The highest BCUT2D eigenvalue weighted by atomic mass is 15.0. The van der Waals surface area contributed by atoms with Crippen LogP contribution in [0.2, 0.25) is 0 Å². The second-order valence-corrected chi connectivity index (χ2v) is 32.3. The third-order valence-electron chi connectivity index (χ3n) is 25.4. The molecule has 2 aliphatic carbocycles. The lowest BCUT2D eigenvalue weighted by Crippen LogP contribution is -2.14. The molecule has 4 heterocycles. The molecule has 114 heavy (non-hydrogen) atoms. The minimum atomic E-state index is -0.0981. The Kier molecular flexibility index (Phi) is 14.4. The summed E-state index contributed by atoms with van der Waals surface area (Å²) in [7, 11) is 0. The molecule has 4 aromatic heterocycles. The Hall–Kier alpha value is -14.3. The summed E-state index contributed by atoms with van der Waals surface area (Å²) < 4.78 is 9.85. The first-order chi connectivity index (χ1) is 56.1. The number of benzene rings is 18. The lowest BCUT2D eigenvalue weighted by atomic mass is 9.82. The summed E-state index contributed by atoms with van der Waals surface area (Å²) >= 11 is 0. The van der Waals surface area contributed by atoms with Crippen LogP contribution in [-0.4, -0.2) is 18.3 Å². The van der Waals surface area contributed by atoms with E-state index in [2.05, 4.69) is 434 Å². The molecule has 0 atom stereocenters. The van der Waals surface area contributed by atoms with Crippen molar-refractivity contribution in [1.82, 2.24) is 18.3 Å². The molecule has 0 N–H and O–H groups in total. The van der Waals surface area contributed by atoms with Gasteiger partial charge in [-0.3, -0.25) is 0 Å². The molecule has 18 aromatic carbocycles. The van der Waals surface area contributed by atoms with Crippen molar-refractivity contribution < 1.29 is 0 Å². The molecule has 0 aliphatic heterocycles. The van der Waals surface area contributed by atoms with Crippen LogP contribution in [-0.2, 0) is 10.8 Å². The maximum atomic E-state index is 2.50. The molecule has 0 saturated heterocycles. The zero-order chi connectivity index (χ0) is 75.7. The number of aromatic nitrogens is 4. The van der Waals surface area contributed by atoms with Crippen LogP contribution in [0.1, 0.15) is 49.9 Å². The summed E-state index contributed by atoms with van der Waals surface area (Å²) in [4.78, 5) is 0.